The molecule has 1 aliphatic heterocycles. The van der Waals surface area contributed by atoms with Gasteiger partial charge in [0.15, 0.2) is 0 Å². The summed E-state index contributed by atoms with van der Waals surface area (Å²) in [6.45, 7) is 15.1. The van der Waals surface area contributed by atoms with Crippen molar-refractivity contribution < 1.29 is 5.11 Å². The lowest BCUT2D eigenvalue weighted by atomic mass is 9.93. The minimum atomic E-state index is -0.180. The van der Waals surface area contributed by atoms with Crippen LogP contribution in [0.4, 0.5) is 5.95 Å². The minimum absolute atomic E-state index is 0.180. The lowest BCUT2D eigenvalue weighted by Crippen LogP contribution is -2.30. The fourth-order valence-electron chi connectivity index (χ4n) is 6.02. The van der Waals surface area contributed by atoms with E-state index in [1.54, 1.807) is 0 Å². The van der Waals surface area contributed by atoms with Gasteiger partial charge in [-0.25, -0.2) is 4.98 Å². The first-order valence-corrected chi connectivity index (χ1v) is 14.5. The Morgan fingerprint density at radius 1 is 1.08 bits per heavy atom. The zero-order valence-corrected chi connectivity index (χ0v) is 23.1. The average molecular weight is 517 g/mol. The molecule has 2 aromatic heterocycles. The van der Waals surface area contributed by atoms with Gasteiger partial charge in [0.25, 0.3) is 0 Å². The summed E-state index contributed by atoms with van der Waals surface area (Å²) in [5, 5.41) is 14.6. The molecule has 0 spiro atoms. The molecule has 1 atom stereocenters. The van der Waals surface area contributed by atoms with Gasteiger partial charge in [-0.15, -0.1) is 6.58 Å². The highest BCUT2D eigenvalue weighted by Gasteiger charge is 2.24. The molecule has 7 heteroatoms. The molecule has 0 bridgehead atoms. The van der Waals surface area contributed by atoms with Gasteiger partial charge in [-0.05, 0) is 76.2 Å². The minimum Gasteiger partial charge on any atom is -0.393 e. The van der Waals surface area contributed by atoms with Crippen LogP contribution < -0.4 is 5.32 Å². The third kappa shape index (κ3) is 6.28. The molecule has 1 aliphatic carbocycles. The molecule has 2 aliphatic rings. The first-order valence-electron chi connectivity index (χ1n) is 14.5. The molecule has 2 N–H and O–H groups in total. The summed E-state index contributed by atoms with van der Waals surface area (Å²) in [6.07, 6.45) is 11.7. The van der Waals surface area contributed by atoms with Crippen LogP contribution in [0.2, 0.25) is 0 Å². The normalized spacial score (nSPS) is 22.3. The Morgan fingerprint density at radius 2 is 1.82 bits per heavy atom. The molecule has 1 saturated carbocycles. The monoisotopic (exact) mass is 516 g/mol. The number of nitrogens with one attached hydrogen (secondary N) is 1. The van der Waals surface area contributed by atoms with Gasteiger partial charge in [0, 0.05) is 55.1 Å². The van der Waals surface area contributed by atoms with Gasteiger partial charge in [-0.2, -0.15) is 4.98 Å². The van der Waals surface area contributed by atoms with E-state index in [1.807, 2.05) is 12.3 Å². The zero-order valence-electron chi connectivity index (χ0n) is 23.1. The van der Waals surface area contributed by atoms with E-state index < -0.39 is 0 Å². The zero-order chi connectivity index (χ0) is 26.5. The Bertz CT molecular complexity index is 1200. The fraction of sp³-hybridized carbons (Fsp3) is 0.548. The van der Waals surface area contributed by atoms with Crippen molar-refractivity contribution in [1.82, 2.24) is 24.3 Å². The van der Waals surface area contributed by atoms with E-state index >= 15 is 0 Å². The maximum absolute atomic E-state index is 10.1. The maximum Gasteiger partial charge on any atom is 0.224 e. The van der Waals surface area contributed by atoms with Crippen LogP contribution in [-0.4, -0.2) is 74.3 Å². The highest BCUT2D eigenvalue weighted by atomic mass is 16.3. The maximum atomic E-state index is 10.1. The second-order valence-electron chi connectivity index (χ2n) is 11.2. The average Bonchev–Trinajstić information content (AvgIpc) is 3.14. The number of aliphatic hydroxyl groups is 1. The first-order chi connectivity index (χ1) is 18.5. The van der Waals surface area contributed by atoms with E-state index in [1.165, 1.54) is 36.2 Å². The van der Waals surface area contributed by atoms with E-state index in [2.05, 4.69) is 75.6 Å². The Labute approximate surface area is 227 Å². The Hall–Kier alpha value is -2.74. The molecular weight excluding hydrogens is 472 g/mol. The number of rotatable bonds is 9. The summed E-state index contributed by atoms with van der Waals surface area (Å²) in [5.74, 6) is 0.656. The van der Waals surface area contributed by atoms with Crippen LogP contribution >= 0.6 is 0 Å². The Morgan fingerprint density at radius 3 is 2.55 bits per heavy atom. The summed E-state index contributed by atoms with van der Waals surface area (Å²) in [7, 11) is 0. The fourth-order valence-corrected chi connectivity index (χ4v) is 6.02. The third-order valence-corrected chi connectivity index (χ3v) is 8.33. The molecular formula is C31H44N6O. The number of anilines is 1. The van der Waals surface area contributed by atoms with Crippen LogP contribution in [0.15, 0.2) is 49.3 Å². The molecule has 38 heavy (non-hydrogen) atoms. The SMILES string of the molecule is C=CC[C@H](C)Nc1ncc2c(-c3ccc(CN4CCCN(CC)CC4)cc3)cn(C3CCC(O)CC3)c2n1. The number of likely N-dealkylation sites (N-methyl/N-ethyl adjacent to an activating group) is 1. The van der Waals surface area contributed by atoms with Crippen LogP contribution in [0.25, 0.3) is 22.2 Å². The van der Waals surface area contributed by atoms with Crippen LogP contribution in [0.3, 0.4) is 0 Å². The van der Waals surface area contributed by atoms with E-state index in [4.69, 9.17) is 4.98 Å². The Balaban J connectivity index is 1.40. The predicted octanol–water partition coefficient (Wildman–Crippen LogP) is 5.48. The Kier molecular flexibility index (Phi) is 8.77. The van der Waals surface area contributed by atoms with E-state index in [9.17, 15) is 5.11 Å². The van der Waals surface area contributed by atoms with Gasteiger partial charge in [-0.3, -0.25) is 4.90 Å². The summed E-state index contributed by atoms with van der Waals surface area (Å²) < 4.78 is 2.34. The molecule has 204 valence electrons. The van der Waals surface area contributed by atoms with E-state index in [-0.39, 0.29) is 12.1 Å². The van der Waals surface area contributed by atoms with Gasteiger partial charge in [0.1, 0.15) is 5.65 Å². The number of benzene rings is 1. The van der Waals surface area contributed by atoms with Gasteiger partial charge >= 0.3 is 0 Å². The number of hydrogen-bond donors (Lipinski definition) is 2. The third-order valence-electron chi connectivity index (χ3n) is 8.33. The summed E-state index contributed by atoms with van der Waals surface area (Å²) in [6, 6.07) is 9.64. The molecule has 3 aromatic rings. The van der Waals surface area contributed by atoms with E-state index in [0.29, 0.717) is 12.0 Å². The number of fused-ring (bicyclic) bond motifs is 1. The standard InChI is InChI=1S/C31H44N6O/c1-4-7-23(3)33-31-32-20-28-29(22-37(30(28)34-31)26-12-14-27(38)15-13-26)25-10-8-24(9-11-25)21-36-17-6-16-35(5-2)18-19-36/h4,8-11,20,22-23,26-27,38H,1,5-7,12-19,21H2,2-3H3,(H,32,33,34)/t23-,26?,27?/m0/s1. The van der Waals surface area contributed by atoms with Crippen molar-refractivity contribution in [2.75, 3.05) is 38.0 Å². The highest BCUT2D eigenvalue weighted by Crippen LogP contribution is 2.37. The molecule has 5 rings (SSSR count). The van der Waals surface area contributed by atoms with Crippen molar-refractivity contribution in [3.05, 3.63) is 54.9 Å². The molecule has 0 amide bonds. The molecule has 1 saturated heterocycles. The van der Waals surface area contributed by atoms with Gasteiger partial charge in [0.2, 0.25) is 5.95 Å². The lowest BCUT2D eigenvalue weighted by molar-refractivity contribution is 0.111. The largest absolute Gasteiger partial charge is 0.393 e. The van der Waals surface area contributed by atoms with E-state index in [0.717, 1.165) is 69.3 Å². The molecule has 0 unspecified atom stereocenters. The van der Waals surface area contributed by atoms with Crippen molar-refractivity contribution >= 4 is 17.0 Å². The molecule has 2 fully saturated rings. The number of aliphatic hydroxyl groups excluding tert-OH is 1. The van der Waals surface area contributed by atoms with Crippen LogP contribution in [-0.2, 0) is 6.54 Å². The molecule has 0 radical (unpaired) electrons. The van der Waals surface area contributed by atoms with Crippen molar-refractivity contribution in [3.63, 3.8) is 0 Å². The quantitative estimate of drug-likeness (QED) is 0.367. The van der Waals surface area contributed by atoms with Gasteiger partial charge in [-0.1, -0.05) is 37.3 Å². The number of hydrogen-bond acceptors (Lipinski definition) is 6. The molecule has 7 nitrogen and oxygen atoms in total. The van der Waals surface area contributed by atoms with Gasteiger partial charge < -0.3 is 19.9 Å². The van der Waals surface area contributed by atoms with Crippen LogP contribution in [0, 0.1) is 0 Å². The summed E-state index contributed by atoms with van der Waals surface area (Å²) >= 11 is 0. The number of aromatic nitrogens is 3. The second-order valence-corrected chi connectivity index (χ2v) is 11.2. The van der Waals surface area contributed by atoms with Crippen molar-refractivity contribution in [2.24, 2.45) is 0 Å². The summed E-state index contributed by atoms with van der Waals surface area (Å²) in [5.41, 5.74) is 4.71. The van der Waals surface area contributed by atoms with Crippen molar-refractivity contribution in [1.29, 1.82) is 0 Å². The highest BCUT2D eigenvalue weighted by molar-refractivity contribution is 5.94. The molecule has 1 aromatic carbocycles. The van der Waals surface area contributed by atoms with Gasteiger partial charge in [0.05, 0.1) is 6.10 Å². The smallest absolute Gasteiger partial charge is 0.224 e. The van der Waals surface area contributed by atoms with Crippen LogP contribution in [0.1, 0.15) is 64.0 Å². The predicted molar refractivity (Wildman–Crippen MR) is 156 cm³/mol. The van der Waals surface area contributed by atoms with Crippen molar-refractivity contribution in [3.8, 4) is 11.1 Å². The second kappa shape index (κ2) is 12.4. The van der Waals surface area contributed by atoms with Crippen molar-refractivity contribution in [2.45, 2.75) is 77.1 Å². The lowest BCUT2D eigenvalue weighted by Gasteiger charge is -2.27. The van der Waals surface area contributed by atoms with Crippen LogP contribution in [0.5, 0.6) is 0 Å². The topological polar surface area (TPSA) is 69.5 Å². The molecule has 3 heterocycles. The number of nitrogens with zero attached hydrogens (tertiary/aromatic N) is 5. The first kappa shape index (κ1) is 26.9. The summed E-state index contributed by atoms with van der Waals surface area (Å²) in [4.78, 5) is 14.8.